The van der Waals surface area contributed by atoms with Gasteiger partial charge in [-0.05, 0) is 44.7 Å². The van der Waals surface area contributed by atoms with Crippen LogP contribution in [0, 0.1) is 12.8 Å². The van der Waals surface area contributed by atoms with Crippen molar-refractivity contribution in [3.63, 3.8) is 0 Å². The summed E-state index contributed by atoms with van der Waals surface area (Å²) in [5.41, 5.74) is -0.00410. The van der Waals surface area contributed by atoms with Gasteiger partial charge in [0.05, 0.1) is 0 Å². The number of carboxylic acid groups (broad SMARTS) is 1. The minimum absolute atomic E-state index is 0.0295. The standard InChI is InChI=1S/C13H16N2O3/c1-8-7-9(5-6-14-8)11(16)15-13(2,12(17)18)10-3-4-10/h5-7,10H,3-4H2,1-2H3,(H,15,16)(H,17,18). The molecule has 1 aromatic heterocycles. The summed E-state index contributed by atoms with van der Waals surface area (Å²) in [6, 6.07) is 3.22. The van der Waals surface area contributed by atoms with Crippen LogP contribution in [0.3, 0.4) is 0 Å². The van der Waals surface area contributed by atoms with Crippen molar-refractivity contribution in [1.82, 2.24) is 10.3 Å². The fourth-order valence-electron chi connectivity index (χ4n) is 1.99. The maximum absolute atomic E-state index is 12.0. The van der Waals surface area contributed by atoms with E-state index in [0.717, 1.165) is 18.5 Å². The van der Waals surface area contributed by atoms with Gasteiger partial charge < -0.3 is 10.4 Å². The van der Waals surface area contributed by atoms with E-state index < -0.39 is 11.5 Å². The summed E-state index contributed by atoms with van der Waals surface area (Å²) in [7, 11) is 0. The molecule has 0 bridgehead atoms. The fraction of sp³-hybridized carbons (Fsp3) is 0.462. The van der Waals surface area contributed by atoms with Crippen LogP contribution in [-0.4, -0.2) is 27.5 Å². The van der Waals surface area contributed by atoms with E-state index in [4.69, 9.17) is 0 Å². The molecule has 1 aliphatic carbocycles. The van der Waals surface area contributed by atoms with E-state index in [1.165, 1.54) is 0 Å². The molecule has 0 saturated heterocycles. The van der Waals surface area contributed by atoms with Crippen LogP contribution in [0.15, 0.2) is 18.3 Å². The van der Waals surface area contributed by atoms with Gasteiger partial charge in [-0.25, -0.2) is 4.79 Å². The summed E-state index contributed by atoms with van der Waals surface area (Å²) in [6.07, 6.45) is 3.23. The summed E-state index contributed by atoms with van der Waals surface area (Å²) in [5.74, 6) is -1.32. The number of aromatic nitrogens is 1. The Bertz CT molecular complexity index is 497. The molecule has 1 aliphatic rings. The molecule has 1 saturated carbocycles. The number of amides is 1. The van der Waals surface area contributed by atoms with Crippen LogP contribution in [0.5, 0.6) is 0 Å². The molecular weight excluding hydrogens is 232 g/mol. The summed E-state index contributed by atoms with van der Waals surface area (Å²) >= 11 is 0. The number of carboxylic acids is 1. The van der Waals surface area contributed by atoms with Crippen molar-refractivity contribution in [3.8, 4) is 0 Å². The predicted octanol–water partition coefficient (Wildman–Crippen LogP) is 1.37. The number of nitrogens with one attached hydrogen (secondary N) is 1. The van der Waals surface area contributed by atoms with Crippen LogP contribution in [0.2, 0.25) is 0 Å². The highest BCUT2D eigenvalue weighted by atomic mass is 16.4. The lowest BCUT2D eigenvalue weighted by molar-refractivity contribution is -0.144. The van der Waals surface area contributed by atoms with Gasteiger partial charge >= 0.3 is 5.97 Å². The SMILES string of the molecule is Cc1cc(C(=O)NC(C)(C(=O)O)C2CC2)ccn1. The van der Waals surface area contributed by atoms with Gasteiger partial charge in [0.25, 0.3) is 5.91 Å². The number of pyridine rings is 1. The van der Waals surface area contributed by atoms with Crippen molar-refractivity contribution in [1.29, 1.82) is 0 Å². The number of carbonyl (C=O) groups is 2. The molecule has 0 radical (unpaired) electrons. The molecule has 1 heterocycles. The van der Waals surface area contributed by atoms with Gasteiger partial charge in [-0.3, -0.25) is 9.78 Å². The summed E-state index contributed by atoms with van der Waals surface area (Å²) in [6.45, 7) is 3.35. The Labute approximate surface area is 105 Å². The number of hydrogen-bond acceptors (Lipinski definition) is 3. The van der Waals surface area contributed by atoms with E-state index >= 15 is 0 Å². The third-order valence-corrected chi connectivity index (χ3v) is 3.37. The number of hydrogen-bond donors (Lipinski definition) is 2. The zero-order valence-corrected chi connectivity index (χ0v) is 10.4. The molecule has 18 heavy (non-hydrogen) atoms. The highest BCUT2D eigenvalue weighted by Crippen LogP contribution is 2.39. The average molecular weight is 248 g/mol. The Balaban J connectivity index is 2.17. The van der Waals surface area contributed by atoms with E-state index in [-0.39, 0.29) is 11.8 Å². The molecule has 2 rings (SSSR count). The molecule has 2 N–H and O–H groups in total. The zero-order chi connectivity index (χ0) is 13.3. The Morgan fingerprint density at radius 1 is 1.50 bits per heavy atom. The van der Waals surface area contributed by atoms with Crippen molar-refractivity contribution in [3.05, 3.63) is 29.6 Å². The van der Waals surface area contributed by atoms with Crippen molar-refractivity contribution in [2.24, 2.45) is 5.92 Å². The van der Waals surface area contributed by atoms with Crippen LogP contribution in [0.4, 0.5) is 0 Å². The third kappa shape index (κ3) is 2.34. The Hall–Kier alpha value is -1.91. The van der Waals surface area contributed by atoms with Crippen LogP contribution < -0.4 is 5.32 Å². The average Bonchev–Trinajstić information content (AvgIpc) is 3.12. The molecule has 1 fully saturated rings. The number of aliphatic carboxylic acids is 1. The van der Waals surface area contributed by atoms with Crippen LogP contribution in [-0.2, 0) is 4.79 Å². The second kappa shape index (κ2) is 4.40. The first-order chi connectivity index (χ1) is 8.43. The molecule has 1 unspecified atom stereocenters. The first-order valence-corrected chi connectivity index (χ1v) is 5.92. The van der Waals surface area contributed by atoms with Crippen LogP contribution in [0.25, 0.3) is 0 Å². The molecule has 0 spiro atoms. The number of nitrogens with zero attached hydrogens (tertiary/aromatic N) is 1. The lowest BCUT2D eigenvalue weighted by atomic mass is 9.95. The Morgan fingerprint density at radius 3 is 2.67 bits per heavy atom. The van der Waals surface area contributed by atoms with Crippen molar-refractivity contribution in [2.45, 2.75) is 32.2 Å². The number of carbonyl (C=O) groups excluding carboxylic acids is 1. The first kappa shape index (κ1) is 12.5. The van der Waals surface area contributed by atoms with Gasteiger partial charge in [-0.1, -0.05) is 0 Å². The van der Waals surface area contributed by atoms with Crippen molar-refractivity contribution >= 4 is 11.9 Å². The molecular formula is C13H16N2O3. The minimum Gasteiger partial charge on any atom is -0.480 e. The van der Waals surface area contributed by atoms with Crippen LogP contribution >= 0.6 is 0 Å². The van der Waals surface area contributed by atoms with Crippen LogP contribution in [0.1, 0.15) is 35.8 Å². The maximum Gasteiger partial charge on any atom is 0.329 e. The molecule has 5 heteroatoms. The molecule has 5 nitrogen and oxygen atoms in total. The Kier molecular flexibility index (Phi) is 3.07. The molecule has 96 valence electrons. The number of rotatable bonds is 4. The first-order valence-electron chi connectivity index (χ1n) is 5.92. The molecule has 1 amide bonds. The van der Waals surface area contributed by atoms with Gasteiger partial charge in [0.1, 0.15) is 5.54 Å². The number of aryl methyl sites for hydroxylation is 1. The fourth-order valence-corrected chi connectivity index (χ4v) is 1.99. The van der Waals surface area contributed by atoms with Gasteiger partial charge in [0.15, 0.2) is 0 Å². The van der Waals surface area contributed by atoms with E-state index in [1.54, 1.807) is 32.2 Å². The Morgan fingerprint density at radius 2 is 2.17 bits per heavy atom. The van der Waals surface area contributed by atoms with E-state index in [9.17, 15) is 14.7 Å². The van der Waals surface area contributed by atoms with Gasteiger partial charge in [-0.15, -0.1) is 0 Å². The van der Waals surface area contributed by atoms with Gasteiger partial charge in [0, 0.05) is 17.5 Å². The summed E-state index contributed by atoms with van der Waals surface area (Å²) in [5, 5.41) is 11.9. The van der Waals surface area contributed by atoms with E-state index in [0.29, 0.717) is 5.56 Å². The smallest absolute Gasteiger partial charge is 0.329 e. The topological polar surface area (TPSA) is 79.3 Å². The van der Waals surface area contributed by atoms with Gasteiger partial charge in [-0.2, -0.15) is 0 Å². The highest BCUT2D eigenvalue weighted by Gasteiger charge is 2.48. The second-order valence-corrected chi connectivity index (χ2v) is 4.92. The lowest BCUT2D eigenvalue weighted by Crippen LogP contribution is -2.54. The molecule has 1 aromatic rings. The largest absolute Gasteiger partial charge is 0.480 e. The predicted molar refractivity (Wildman–Crippen MR) is 65.2 cm³/mol. The minimum atomic E-state index is -1.17. The molecule has 0 aromatic carbocycles. The summed E-state index contributed by atoms with van der Waals surface area (Å²) < 4.78 is 0. The quantitative estimate of drug-likeness (QED) is 0.843. The maximum atomic E-state index is 12.0. The van der Waals surface area contributed by atoms with E-state index in [1.807, 2.05) is 0 Å². The molecule has 0 aliphatic heterocycles. The third-order valence-electron chi connectivity index (χ3n) is 3.37. The van der Waals surface area contributed by atoms with Crippen molar-refractivity contribution < 1.29 is 14.7 Å². The second-order valence-electron chi connectivity index (χ2n) is 4.92. The highest BCUT2D eigenvalue weighted by molar-refractivity contribution is 5.98. The lowest BCUT2D eigenvalue weighted by Gasteiger charge is -2.26. The van der Waals surface area contributed by atoms with E-state index in [2.05, 4.69) is 10.3 Å². The summed E-state index contributed by atoms with van der Waals surface area (Å²) in [4.78, 5) is 27.4. The zero-order valence-electron chi connectivity index (χ0n) is 10.4. The van der Waals surface area contributed by atoms with Gasteiger partial charge in [0.2, 0.25) is 0 Å². The normalized spacial score (nSPS) is 17.9. The monoisotopic (exact) mass is 248 g/mol. The molecule has 1 atom stereocenters. The van der Waals surface area contributed by atoms with Crippen molar-refractivity contribution in [2.75, 3.05) is 0 Å².